The second-order valence-corrected chi connectivity index (χ2v) is 7.19. The summed E-state index contributed by atoms with van der Waals surface area (Å²) in [5, 5.41) is 9.05. The largest absolute Gasteiger partial charge is 0.486 e. The van der Waals surface area contributed by atoms with Crippen molar-refractivity contribution in [3.63, 3.8) is 0 Å². The average Bonchev–Trinajstić information content (AvgIpc) is 3.07. The molecule has 0 saturated heterocycles. The monoisotopic (exact) mass is 333 g/mol. The first-order valence-electron chi connectivity index (χ1n) is 8.58. The van der Waals surface area contributed by atoms with Gasteiger partial charge in [-0.3, -0.25) is 0 Å². The van der Waals surface area contributed by atoms with Crippen molar-refractivity contribution in [2.45, 2.75) is 25.8 Å². The van der Waals surface area contributed by atoms with Gasteiger partial charge in [-0.1, -0.05) is 30.3 Å². The highest BCUT2D eigenvalue weighted by Gasteiger charge is 2.36. The second kappa shape index (κ2) is 5.09. The molecule has 0 unspecified atom stereocenters. The summed E-state index contributed by atoms with van der Waals surface area (Å²) in [4.78, 5) is 0. The van der Waals surface area contributed by atoms with Crippen molar-refractivity contribution >= 4 is 0 Å². The number of benzene rings is 2. The predicted octanol–water partition coefficient (Wildman–Crippen LogP) is 3.67. The smallest absolute Gasteiger partial charge is 0.165 e. The molecular formula is C20H19N3O2. The van der Waals surface area contributed by atoms with E-state index < -0.39 is 0 Å². The molecule has 0 spiro atoms. The Kier molecular flexibility index (Phi) is 2.95. The molecule has 3 aromatic rings. The fraction of sp³-hybridized carbons (Fsp3) is 0.300. The van der Waals surface area contributed by atoms with Crippen molar-refractivity contribution in [1.29, 1.82) is 0 Å². The SMILES string of the molecule is CC1(C)Cc2cc3c(cc2-c2nnc(-c4ccccc4)n21)OCCO3. The highest BCUT2D eigenvalue weighted by atomic mass is 16.6. The first-order valence-corrected chi connectivity index (χ1v) is 8.58. The van der Waals surface area contributed by atoms with Crippen molar-refractivity contribution in [2.75, 3.05) is 13.2 Å². The van der Waals surface area contributed by atoms with Crippen molar-refractivity contribution in [3.05, 3.63) is 48.0 Å². The molecule has 25 heavy (non-hydrogen) atoms. The minimum atomic E-state index is -0.124. The van der Waals surface area contributed by atoms with E-state index >= 15 is 0 Å². The van der Waals surface area contributed by atoms with Gasteiger partial charge in [-0.25, -0.2) is 0 Å². The van der Waals surface area contributed by atoms with Crippen molar-refractivity contribution in [2.24, 2.45) is 0 Å². The Hall–Kier alpha value is -2.82. The lowest BCUT2D eigenvalue weighted by Gasteiger charge is -2.35. The highest BCUT2D eigenvalue weighted by molar-refractivity contribution is 5.71. The standard InChI is InChI=1S/C20H19N3O2/c1-20(2)12-14-10-16-17(25-9-8-24-16)11-15(14)19-22-21-18(23(19)20)13-6-4-3-5-7-13/h3-7,10-11H,8-9,12H2,1-2H3. The van der Waals surface area contributed by atoms with Gasteiger partial charge in [-0.15, -0.1) is 10.2 Å². The lowest BCUT2D eigenvalue weighted by Crippen LogP contribution is -2.34. The maximum Gasteiger partial charge on any atom is 0.165 e. The molecule has 2 aliphatic heterocycles. The normalized spacial score (nSPS) is 16.9. The fourth-order valence-corrected chi connectivity index (χ4v) is 3.84. The minimum absolute atomic E-state index is 0.124. The number of fused-ring (bicyclic) bond motifs is 4. The maximum absolute atomic E-state index is 5.77. The Bertz CT molecular complexity index is 961. The van der Waals surface area contributed by atoms with Crippen molar-refractivity contribution in [3.8, 4) is 34.3 Å². The first-order chi connectivity index (χ1) is 12.1. The van der Waals surface area contributed by atoms with E-state index in [9.17, 15) is 0 Å². The average molecular weight is 333 g/mol. The van der Waals surface area contributed by atoms with Gasteiger partial charge < -0.3 is 14.0 Å². The van der Waals surface area contributed by atoms with E-state index in [2.05, 4.69) is 46.8 Å². The molecule has 126 valence electrons. The summed E-state index contributed by atoms with van der Waals surface area (Å²) in [7, 11) is 0. The van der Waals surface area contributed by atoms with Crippen LogP contribution >= 0.6 is 0 Å². The van der Waals surface area contributed by atoms with Gasteiger partial charge in [0.1, 0.15) is 13.2 Å². The molecule has 0 saturated carbocycles. The second-order valence-electron chi connectivity index (χ2n) is 7.19. The van der Waals surface area contributed by atoms with Gasteiger partial charge in [0.15, 0.2) is 23.1 Å². The molecule has 2 aromatic carbocycles. The quantitative estimate of drug-likeness (QED) is 0.682. The number of rotatable bonds is 1. The molecular weight excluding hydrogens is 314 g/mol. The molecule has 3 heterocycles. The van der Waals surface area contributed by atoms with Gasteiger partial charge in [-0.05, 0) is 38.0 Å². The summed E-state index contributed by atoms with van der Waals surface area (Å²) in [6, 6.07) is 14.4. The third kappa shape index (κ3) is 2.15. The maximum atomic E-state index is 5.77. The number of ether oxygens (including phenoxy) is 2. The minimum Gasteiger partial charge on any atom is -0.486 e. The molecule has 5 nitrogen and oxygen atoms in total. The Labute approximate surface area is 146 Å². The van der Waals surface area contributed by atoms with E-state index in [1.165, 1.54) is 5.56 Å². The summed E-state index contributed by atoms with van der Waals surface area (Å²) in [6.45, 7) is 5.64. The predicted molar refractivity (Wildman–Crippen MR) is 94.9 cm³/mol. The number of nitrogens with zero attached hydrogens (tertiary/aromatic N) is 3. The molecule has 0 amide bonds. The van der Waals surface area contributed by atoms with Gasteiger partial charge in [0, 0.05) is 16.7 Å². The zero-order valence-electron chi connectivity index (χ0n) is 14.3. The highest BCUT2D eigenvalue weighted by Crippen LogP contribution is 2.44. The lowest BCUT2D eigenvalue weighted by atomic mass is 9.86. The van der Waals surface area contributed by atoms with E-state index in [1.54, 1.807) is 0 Å². The van der Waals surface area contributed by atoms with Gasteiger partial charge in [0.25, 0.3) is 0 Å². The number of aromatic nitrogens is 3. The molecule has 0 atom stereocenters. The van der Waals surface area contributed by atoms with Gasteiger partial charge in [0.05, 0.1) is 0 Å². The molecule has 0 fully saturated rings. The van der Waals surface area contributed by atoms with E-state index in [4.69, 9.17) is 9.47 Å². The summed E-state index contributed by atoms with van der Waals surface area (Å²) < 4.78 is 13.8. The van der Waals surface area contributed by atoms with Crippen LogP contribution in [-0.4, -0.2) is 28.0 Å². The molecule has 0 bridgehead atoms. The summed E-state index contributed by atoms with van der Waals surface area (Å²) in [5.41, 5.74) is 3.27. The third-order valence-electron chi connectivity index (χ3n) is 4.93. The number of hydrogen-bond donors (Lipinski definition) is 0. The Morgan fingerprint density at radius 2 is 1.60 bits per heavy atom. The van der Waals surface area contributed by atoms with Crippen LogP contribution in [0.3, 0.4) is 0 Å². The molecule has 5 heteroatoms. The summed E-state index contributed by atoms with van der Waals surface area (Å²) >= 11 is 0. The van der Waals surface area contributed by atoms with Crippen molar-refractivity contribution in [1.82, 2.24) is 14.8 Å². The Morgan fingerprint density at radius 1 is 0.920 bits per heavy atom. The third-order valence-corrected chi connectivity index (χ3v) is 4.93. The number of hydrogen-bond acceptors (Lipinski definition) is 4. The molecule has 0 N–H and O–H groups in total. The van der Waals surface area contributed by atoms with Crippen LogP contribution in [0, 0.1) is 0 Å². The van der Waals surface area contributed by atoms with Crippen LogP contribution in [0.15, 0.2) is 42.5 Å². The summed E-state index contributed by atoms with van der Waals surface area (Å²) in [6.07, 6.45) is 0.893. The zero-order valence-corrected chi connectivity index (χ0v) is 14.3. The molecule has 1 aromatic heterocycles. The van der Waals surface area contributed by atoms with Crippen LogP contribution in [0.4, 0.5) is 0 Å². The zero-order chi connectivity index (χ0) is 17.0. The fourth-order valence-electron chi connectivity index (χ4n) is 3.84. The van der Waals surface area contributed by atoms with Crippen LogP contribution in [0.2, 0.25) is 0 Å². The van der Waals surface area contributed by atoms with Crippen LogP contribution in [0.1, 0.15) is 19.4 Å². The first kappa shape index (κ1) is 14.5. The van der Waals surface area contributed by atoms with Crippen LogP contribution in [0.25, 0.3) is 22.8 Å². The lowest BCUT2D eigenvalue weighted by molar-refractivity contribution is 0.171. The topological polar surface area (TPSA) is 49.2 Å². The molecule has 2 aliphatic rings. The Balaban J connectivity index is 1.74. The molecule has 5 rings (SSSR count). The van der Waals surface area contributed by atoms with E-state index in [0.29, 0.717) is 13.2 Å². The van der Waals surface area contributed by atoms with Gasteiger partial charge in [0.2, 0.25) is 0 Å². The summed E-state index contributed by atoms with van der Waals surface area (Å²) in [5.74, 6) is 3.42. The van der Waals surface area contributed by atoms with Gasteiger partial charge >= 0.3 is 0 Å². The van der Waals surface area contributed by atoms with E-state index in [0.717, 1.165) is 40.7 Å². The van der Waals surface area contributed by atoms with Crippen LogP contribution in [0.5, 0.6) is 11.5 Å². The molecule has 0 aliphatic carbocycles. The van der Waals surface area contributed by atoms with E-state index in [1.807, 2.05) is 24.3 Å². The van der Waals surface area contributed by atoms with Crippen LogP contribution < -0.4 is 9.47 Å². The van der Waals surface area contributed by atoms with E-state index in [-0.39, 0.29) is 5.54 Å². The Morgan fingerprint density at radius 3 is 2.36 bits per heavy atom. The van der Waals surface area contributed by atoms with Crippen LogP contribution in [-0.2, 0) is 12.0 Å². The van der Waals surface area contributed by atoms with Gasteiger partial charge in [-0.2, -0.15) is 0 Å². The molecule has 0 radical (unpaired) electrons. The van der Waals surface area contributed by atoms with Crippen molar-refractivity contribution < 1.29 is 9.47 Å².